The van der Waals surface area contributed by atoms with E-state index < -0.39 is 0 Å². The average Bonchev–Trinajstić information content (AvgIpc) is 1.90. The number of aromatic nitrogens is 2. The molecular weight excluding hydrogens is 124 g/mol. The van der Waals surface area contributed by atoms with Crippen LogP contribution >= 0.6 is 0 Å². The Labute approximate surface area is 50.2 Å². The van der Waals surface area contributed by atoms with E-state index in [2.05, 4.69) is 10.2 Å². The highest BCUT2D eigenvalue weighted by Gasteiger charge is 2.03. The molecule has 0 N–H and O–H groups in total. The number of hydrogen-bond acceptors (Lipinski definition) is 3. The highest BCUT2D eigenvalue weighted by Crippen LogP contribution is 1.86. The summed E-state index contributed by atoms with van der Waals surface area (Å²) in [7, 11) is 0. The van der Waals surface area contributed by atoms with E-state index in [1.54, 1.807) is 12.1 Å². The first kappa shape index (κ1) is 5.24. The molecule has 0 radical (unpaired) electrons. The summed E-state index contributed by atoms with van der Waals surface area (Å²) in [6.07, 6.45) is 1.53. The highest BCUT2D eigenvalue weighted by molar-refractivity contribution is 7.65. The minimum absolute atomic E-state index is 0.345. The maximum Gasteiger partial charge on any atom is 0.528 e. The lowest BCUT2D eigenvalue weighted by molar-refractivity contribution is 0.602. The second-order valence-corrected chi connectivity index (χ2v) is 1.73. The smallest absolute Gasteiger partial charge is 0.154 e. The lowest BCUT2D eigenvalue weighted by Gasteiger charge is -1.69. The van der Waals surface area contributed by atoms with Crippen LogP contribution in [0.4, 0.5) is 0 Å². The Morgan fingerprint density at radius 1 is 1.62 bits per heavy atom. The van der Waals surface area contributed by atoms with E-state index >= 15 is 0 Å². The van der Waals surface area contributed by atoms with Gasteiger partial charge in [0.25, 0.3) is 0 Å². The predicted molar refractivity (Wildman–Crippen MR) is 28.3 cm³/mol. The van der Waals surface area contributed by atoms with Gasteiger partial charge in [-0.05, 0) is 6.07 Å². The fourth-order valence-corrected chi connectivity index (χ4v) is 0.546. The first-order valence-electron chi connectivity index (χ1n) is 2.01. The Morgan fingerprint density at radius 3 is 2.88 bits per heavy atom. The van der Waals surface area contributed by atoms with Crippen LogP contribution in [-0.2, 0) is 15.9 Å². The van der Waals surface area contributed by atoms with Crippen molar-refractivity contribution in [2.24, 2.45) is 0 Å². The van der Waals surface area contributed by atoms with Crippen molar-refractivity contribution >= 4 is 11.7 Å². The zero-order valence-corrected chi connectivity index (χ0v) is 4.76. The third kappa shape index (κ3) is 1.04. The third-order valence-electron chi connectivity index (χ3n) is 0.633. The second kappa shape index (κ2) is 2.42. The third-order valence-corrected chi connectivity index (χ3v) is 1.02. The second-order valence-electron chi connectivity index (χ2n) is 1.15. The quantitative estimate of drug-likeness (QED) is 0.508. The molecule has 0 amide bonds. The minimum atomic E-state index is 0.345. The van der Waals surface area contributed by atoms with Crippen molar-refractivity contribution in [3.63, 3.8) is 0 Å². The molecule has 0 aliphatic rings. The maximum atomic E-state index is 9.95. The van der Waals surface area contributed by atoms with Crippen LogP contribution in [0.2, 0.25) is 0 Å². The van der Waals surface area contributed by atoms with Crippen LogP contribution in [-0.4, -0.2) is 10.2 Å². The number of rotatable bonds is 1. The molecule has 0 aliphatic heterocycles. The minimum Gasteiger partial charge on any atom is -0.154 e. The molecule has 1 aromatic heterocycles. The molecular formula is C4H3N2OS+. The van der Waals surface area contributed by atoms with Gasteiger partial charge in [0.1, 0.15) is 0 Å². The maximum absolute atomic E-state index is 9.95. The van der Waals surface area contributed by atoms with Crippen LogP contribution in [0.1, 0.15) is 0 Å². The van der Waals surface area contributed by atoms with E-state index in [1.165, 1.54) is 6.20 Å². The molecule has 0 saturated carbocycles. The van der Waals surface area contributed by atoms with Gasteiger partial charge in [0.2, 0.25) is 0 Å². The summed E-state index contributed by atoms with van der Waals surface area (Å²) < 4.78 is 9.95. The molecule has 0 spiro atoms. The molecule has 4 heteroatoms. The summed E-state index contributed by atoms with van der Waals surface area (Å²) in [5.74, 6) is 0. The monoisotopic (exact) mass is 127 g/mol. The zero-order chi connectivity index (χ0) is 5.82. The molecule has 0 unspecified atom stereocenters. The van der Waals surface area contributed by atoms with Crippen LogP contribution in [0.15, 0.2) is 23.4 Å². The molecule has 8 heavy (non-hydrogen) atoms. The van der Waals surface area contributed by atoms with Gasteiger partial charge < -0.3 is 0 Å². The summed E-state index contributed by atoms with van der Waals surface area (Å²) in [5, 5.41) is 7.39. The van der Waals surface area contributed by atoms with Crippen LogP contribution < -0.4 is 0 Å². The van der Waals surface area contributed by atoms with Crippen molar-refractivity contribution in [3.05, 3.63) is 18.3 Å². The number of hydrogen-bond donors (Lipinski definition) is 0. The van der Waals surface area contributed by atoms with Gasteiger partial charge in [-0.3, -0.25) is 0 Å². The Balaban J connectivity index is 2.99. The van der Waals surface area contributed by atoms with Crippen molar-refractivity contribution in [3.8, 4) is 0 Å². The molecule has 1 rings (SSSR count). The Kier molecular flexibility index (Phi) is 1.58. The molecule has 0 aromatic carbocycles. The molecule has 0 atom stereocenters. The Morgan fingerprint density at radius 2 is 2.50 bits per heavy atom. The van der Waals surface area contributed by atoms with Gasteiger partial charge in [0.05, 0.1) is 6.20 Å². The molecule has 0 fully saturated rings. The first-order chi connectivity index (χ1) is 3.93. The SMILES string of the molecule is O=[S+]c1cccnn1. The summed E-state index contributed by atoms with van der Waals surface area (Å²) in [5.41, 5.74) is 0. The van der Waals surface area contributed by atoms with Crippen LogP contribution in [0.3, 0.4) is 0 Å². The van der Waals surface area contributed by atoms with Crippen molar-refractivity contribution < 1.29 is 4.21 Å². The lowest BCUT2D eigenvalue weighted by Crippen LogP contribution is -1.81. The Hall–Kier alpha value is -0.900. The lowest BCUT2D eigenvalue weighted by atomic mass is 10.6. The fraction of sp³-hybridized carbons (Fsp3) is 0. The summed E-state index contributed by atoms with van der Waals surface area (Å²) in [6, 6.07) is 3.29. The van der Waals surface area contributed by atoms with Crippen molar-refractivity contribution in [2.45, 2.75) is 5.03 Å². The van der Waals surface area contributed by atoms with Crippen LogP contribution in [0.25, 0.3) is 0 Å². The van der Waals surface area contributed by atoms with E-state index in [9.17, 15) is 4.21 Å². The normalized spacial score (nSPS) is 8.50. The fourth-order valence-electron chi connectivity index (χ4n) is 0.332. The van der Waals surface area contributed by atoms with Gasteiger partial charge >= 0.3 is 16.7 Å². The van der Waals surface area contributed by atoms with Crippen molar-refractivity contribution in [1.29, 1.82) is 0 Å². The standard InChI is InChI=1S/C4H3N2OS/c7-8-4-2-1-3-5-6-4/h1-3H/q+1. The van der Waals surface area contributed by atoms with E-state index in [0.717, 1.165) is 0 Å². The molecule has 0 bridgehead atoms. The van der Waals surface area contributed by atoms with Crippen LogP contribution in [0.5, 0.6) is 0 Å². The summed E-state index contributed by atoms with van der Waals surface area (Å²) in [6.45, 7) is 0. The van der Waals surface area contributed by atoms with E-state index in [-0.39, 0.29) is 0 Å². The van der Waals surface area contributed by atoms with Crippen LogP contribution in [0, 0.1) is 0 Å². The van der Waals surface area contributed by atoms with Gasteiger partial charge in [-0.1, -0.05) is 5.10 Å². The van der Waals surface area contributed by atoms with Crippen molar-refractivity contribution in [1.82, 2.24) is 10.2 Å². The first-order valence-corrected chi connectivity index (χ1v) is 2.75. The molecule has 3 nitrogen and oxygen atoms in total. The molecule has 0 saturated heterocycles. The number of nitrogens with zero attached hydrogens (tertiary/aromatic N) is 2. The van der Waals surface area contributed by atoms with Gasteiger partial charge in [-0.2, -0.15) is 5.10 Å². The molecule has 1 aromatic rings. The highest BCUT2D eigenvalue weighted by atomic mass is 32.1. The predicted octanol–water partition coefficient (Wildman–Crippen LogP) is 0.264. The molecule has 40 valence electrons. The van der Waals surface area contributed by atoms with Crippen molar-refractivity contribution in [2.75, 3.05) is 0 Å². The van der Waals surface area contributed by atoms with Gasteiger partial charge in [0.15, 0.2) is 0 Å². The Bertz CT molecular complexity index is 177. The van der Waals surface area contributed by atoms with Gasteiger partial charge in [-0.25, -0.2) is 0 Å². The summed E-state index contributed by atoms with van der Waals surface area (Å²) in [4.78, 5) is 0. The topological polar surface area (TPSA) is 42.9 Å². The molecule has 1 heterocycles. The van der Waals surface area contributed by atoms with E-state index in [0.29, 0.717) is 16.7 Å². The molecule has 0 aliphatic carbocycles. The van der Waals surface area contributed by atoms with E-state index in [4.69, 9.17) is 0 Å². The van der Waals surface area contributed by atoms with Gasteiger partial charge in [-0.15, -0.1) is 0 Å². The van der Waals surface area contributed by atoms with Gasteiger partial charge in [0, 0.05) is 10.3 Å². The van der Waals surface area contributed by atoms with E-state index in [1.807, 2.05) is 0 Å². The average molecular weight is 127 g/mol. The zero-order valence-electron chi connectivity index (χ0n) is 3.94. The summed E-state index contributed by atoms with van der Waals surface area (Å²) >= 11 is 0.345. The largest absolute Gasteiger partial charge is 0.528 e.